The first-order valence-electron chi connectivity index (χ1n) is 6.63. The normalized spacial score (nSPS) is 16.5. The molecule has 22 heavy (non-hydrogen) atoms. The molecule has 0 bridgehead atoms. The van der Waals surface area contributed by atoms with Crippen molar-refractivity contribution in [2.45, 2.75) is 6.42 Å². The van der Waals surface area contributed by atoms with Gasteiger partial charge in [-0.25, -0.2) is 0 Å². The molecule has 0 aliphatic carbocycles. The van der Waals surface area contributed by atoms with Crippen LogP contribution in [-0.4, -0.2) is 46.8 Å². The number of amides is 1. The summed E-state index contributed by atoms with van der Waals surface area (Å²) in [6, 6.07) is 7.80. The molecule has 1 amide bonds. The van der Waals surface area contributed by atoms with Gasteiger partial charge >= 0.3 is 5.97 Å². The largest absolute Gasteiger partial charge is 0.481 e. The van der Waals surface area contributed by atoms with Gasteiger partial charge in [0.2, 0.25) is 0 Å². The first kappa shape index (κ1) is 16.5. The van der Waals surface area contributed by atoms with Crippen LogP contribution in [0.15, 0.2) is 29.2 Å². The number of carbonyl (C=O) groups excluding carboxylic acids is 1. The Morgan fingerprint density at radius 3 is 2.55 bits per heavy atom. The molecule has 116 valence electrons. The van der Waals surface area contributed by atoms with Crippen molar-refractivity contribution in [2.75, 3.05) is 25.5 Å². The van der Waals surface area contributed by atoms with Crippen molar-refractivity contribution < 1.29 is 14.7 Å². The van der Waals surface area contributed by atoms with Crippen LogP contribution in [-0.2, 0) is 9.59 Å². The maximum Gasteiger partial charge on any atom is 0.305 e. The zero-order valence-corrected chi connectivity index (χ0v) is 13.9. The summed E-state index contributed by atoms with van der Waals surface area (Å²) in [5, 5.41) is 8.71. The zero-order chi connectivity index (χ0) is 16.3. The molecule has 0 atom stereocenters. The number of thiocarbonyl (C=S) groups is 1. The fourth-order valence-electron chi connectivity index (χ4n) is 1.92. The van der Waals surface area contributed by atoms with E-state index in [4.69, 9.17) is 17.3 Å². The Balaban J connectivity index is 2.13. The molecule has 0 radical (unpaired) electrons. The van der Waals surface area contributed by atoms with Gasteiger partial charge in [0, 0.05) is 26.3 Å². The van der Waals surface area contributed by atoms with E-state index in [1.807, 2.05) is 43.3 Å². The highest BCUT2D eigenvalue weighted by atomic mass is 32.2. The van der Waals surface area contributed by atoms with Crippen LogP contribution in [0.5, 0.6) is 0 Å². The van der Waals surface area contributed by atoms with Crippen molar-refractivity contribution in [3.8, 4) is 0 Å². The van der Waals surface area contributed by atoms with Crippen LogP contribution < -0.4 is 4.90 Å². The molecule has 5 nitrogen and oxygen atoms in total. The minimum Gasteiger partial charge on any atom is -0.481 e. The Morgan fingerprint density at radius 1 is 1.36 bits per heavy atom. The Labute approximate surface area is 138 Å². The smallest absolute Gasteiger partial charge is 0.305 e. The third-order valence-electron chi connectivity index (χ3n) is 3.13. The molecule has 2 rings (SSSR count). The summed E-state index contributed by atoms with van der Waals surface area (Å²) in [4.78, 5) is 26.7. The number of thioether (sulfide) groups is 1. The van der Waals surface area contributed by atoms with E-state index < -0.39 is 5.97 Å². The van der Waals surface area contributed by atoms with Crippen molar-refractivity contribution >= 4 is 51.9 Å². The van der Waals surface area contributed by atoms with Gasteiger partial charge in [0.15, 0.2) is 0 Å². The molecule has 7 heteroatoms. The molecule has 0 saturated carbocycles. The Kier molecular flexibility index (Phi) is 5.20. The number of carboxylic acids is 1. The molecule has 1 saturated heterocycles. The van der Waals surface area contributed by atoms with E-state index in [1.165, 1.54) is 16.7 Å². The summed E-state index contributed by atoms with van der Waals surface area (Å²) in [6.45, 7) is 0.108. The number of carboxylic acid groups (broad SMARTS) is 1. The van der Waals surface area contributed by atoms with Crippen LogP contribution >= 0.6 is 24.0 Å². The summed E-state index contributed by atoms with van der Waals surface area (Å²) in [7, 11) is 3.92. The highest BCUT2D eigenvalue weighted by Crippen LogP contribution is 2.32. The third kappa shape index (κ3) is 3.86. The van der Waals surface area contributed by atoms with Crippen LogP contribution in [0.25, 0.3) is 6.08 Å². The standard InChI is InChI=1S/C15H16N2O3S2/c1-16(2)11-5-3-10(4-6-11)9-12-14(20)17(15(21)22-12)8-7-13(18)19/h3-6,9H,7-8H2,1-2H3,(H,18,19)/b12-9-. The van der Waals surface area contributed by atoms with Crippen LogP contribution in [0.1, 0.15) is 12.0 Å². The summed E-state index contributed by atoms with van der Waals surface area (Å²) in [6.07, 6.45) is 1.66. The molecule has 1 aliphatic rings. The van der Waals surface area contributed by atoms with Crippen molar-refractivity contribution in [1.29, 1.82) is 0 Å². The van der Waals surface area contributed by atoms with Crippen molar-refractivity contribution in [2.24, 2.45) is 0 Å². The second kappa shape index (κ2) is 6.93. The molecule has 0 unspecified atom stereocenters. The monoisotopic (exact) mass is 336 g/mol. The maximum atomic E-state index is 12.3. The number of benzene rings is 1. The number of hydrogen-bond donors (Lipinski definition) is 1. The van der Waals surface area contributed by atoms with E-state index in [2.05, 4.69) is 0 Å². The molecular formula is C15H16N2O3S2. The zero-order valence-electron chi connectivity index (χ0n) is 12.3. The molecule has 0 aromatic heterocycles. The lowest BCUT2D eigenvalue weighted by Crippen LogP contribution is -2.30. The van der Waals surface area contributed by atoms with Crippen LogP contribution in [0, 0.1) is 0 Å². The molecule has 1 fully saturated rings. The van der Waals surface area contributed by atoms with Gasteiger partial charge in [0.05, 0.1) is 11.3 Å². The average Bonchev–Trinajstić information content (AvgIpc) is 2.72. The van der Waals surface area contributed by atoms with Gasteiger partial charge in [-0.2, -0.15) is 0 Å². The molecule has 1 aliphatic heterocycles. The van der Waals surface area contributed by atoms with E-state index in [9.17, 15) is 9.59 Å². The van der Waals surface area contributed by atoms with Crippen LogP contribution in [0.3, 0.4) is 0 Å². The van der Waals surface area contributed by atoms with E-state index in [0.717, 1.165) is 11.3 Å². The first-order chi connectivity index (χ1) is 10.4. The lowest BCUT2D eigenvalue weighted by atomic mass is 10.2. The predicted molar refractivity (Wildman–Crippen MR) is 92.9 cm³/mol. The average molecular weight is 336 g/mol. The van der Waals surface area contributed by atoms with E-state index in [-0.39, 0.29) is 18.9 Å². The maximum absolute atomic E-state index is 12.3. The fourth-order valence-corrected chi connectivity index (χ4v) is 3.23. The molecule has 1 N–H and O–H groups in total. The minimum atomic E-state index is -0.947. The molecule has 1 heterocycles. The highest BCUT2D eigenvalue weighted by molar-refractivity contribution is 8.26. The summed E-state index contributed by atoms with van der Waals surface area (Å²) in [5.74, 6) is -1.18. The van der Waals surface area contributed by atoms with Gasteiger partial charge in [-0.05, 0) is 23.8 Å². The van der Waals surface area contributed by atoms with Gasteiger partial charge in [0.1, 0.15) is 4.32 Å². The minimum absolute atomic E-state index is 0.108. The topological polar surface area (TPSA) is 60.9 Å². The molecule has 1 aromatic rings. The Hall–Kier alpha value is -1.86. The van der Waals surface area contributed by atoms with Crippen molar-refractivity contribution in [3.05, 3.63) is 34.7 Å². The van der Waals surface area contributed by atoms with Gasteiger partial charge in [-0.3, -0.25) is 14.5 Å². The van der Waals surface area contributed by atoms with E-state index in [0.29, 0.717) is 9.23 Å². The van der Waals surface area contributed by atoms with Gasteiger partial charge in [-0.1, -0.05) is 36.1 Å². The Morgan fingerprint density at radius 2 is 2.00 bits per heavy atom. The second-order valence-electron chi connectivity index (χ2n) is 4.96. The van der Waals surface area contributed by atoms with Gasteiger partial charge < -0.3 is 10.0 Å². The van der Waals surface area contributed by atoms with Crippen molar-refractivity contribution in [1.82, 2.24) is 4.90 Å². The van der Waals surface area contributed by atoms with Crippen LogP contribution in [0.2, 0.25) is 0 Å². The first-order valence-corrected chi connectivity index (χ1v) is 7.85. The quantitative estimate of drug-likeness (QED) is 0.658. The summed E-state index contributed by atoms with van der Waals surface area (Å²) < 4.78 is 0.405. The SMILES string of the molecule is CN(C)c1ccc(/C=C2\SC(=S)N(CCC(=O)O)C2=O)cc1. The number of aliphatic carboxylic acids is 1. The molecular weight excluding hydrogens is 320 g/mol. The number of nitrogens with zero attached hydrogens (tertiary/aromatic N) is 2. The fraction of sp³-hybridized carbons (Fsp3) is 0.267. The highest BCUT2D eigenvalue weighted by Gasteiger charge is 2.31. The van der Waals surface area contributed by atoms with Gasteiger partial charge in [-0.15, -0.1) is 0 Å². The van der Waals surface area contributed by atoms with Crippen molar-refractivity contribution in [3.63, 3.8) is 0 Å². The van der Waals surface area contributed by atoms with Crippen LogP contribution in [0.4, 0.5) is 5.69 Å². The molecule has 1 aromatic carbocycles. The number of carbonyl (C=O) groups is 2. The number of anilines is 1. The summed E-state index contributed by atoms with van der Waals surface area (Å²) >= 11 is 6.35. The molecule has 0 spiro atoms. The van der Waals surface area contributed by atoms with E-state index >= 15 is 0 Å². The lowest BCUT2D eigenvalue weighted by molar-refractivity contribution is -0.137. The van der Waals surface area contributed by atoms with E-state index in [1.54, 1.807) is 6.08 Å². The predicted octanol–water partition coefficient (Wildman–Crippen LogP) is 2.43. The lowest BCUT2D eigenvalue weighted by Gasteiger charge is -2.12. The number of hydrogen-bond acceptors (Lipinski definition) is 5. The summed E-state index contributed by atoms with van der Waals surface area (Å²) in [5.41, 5.74) is 1.98. The van der Waals surface area contributed by atoms with Gasteiger partial charge in [0.25, 0.3) is 5.91 Å². The second-order valence-corrected chi connectivity index (χ2v) is 6.64. The Bertz CT molecular complexity index is 639. The number of rotatable bonds is 5. The third-order valence-corrected chi connectivity index (χ3v) is 4.51.